The summed E-state index contributed by atoms with van der Waals surface area (Å²) in [5.74, 6) is -0.169. The average Bonchev–Trinajstić information content (AvgIpc) is 2.70. The highest BCUT2D eigenvalue weighted by Gasteiger charge is 2.76. The summed E-state index contributed by atoms with van der Waals surface area (Å²) in [5.41, 5.74) is -1.18. The summed E-state index contributed by atoms with van der Waals surface area (Å²) in [6.07, 6.45) is 3.92. The lowest BCUT2D eigenvalue weighted by Crippen LogP contribution is -2.42. The fourth-order valence-corrected chi connectivity index (χ4v) is 2.44. The van der Waals surface area contributed by atoms with Crippen LogP contribution >= 0.6 is 0 Å². The Hall–Kier alpha value is -0.570. The van der Waals surface area contributed by atoms with Crippen LogP contribution in [0.1, 0.15) is 53.4 Å². The summed E-state index contributed by atoms with van der Waals surface area (Å²) in [7, 11) is 0. The number of carbonyl (C=O) groups excluding carboxylic acids is 1. The first-order valence-electron chi connectivity index (χ1n) is 5.79. The fourth-order valence-electron chi connectivity index (χ4n) is 2.44. The van der Waals surface area contributed by atoms with E-state index in [1.54, 1.807) is 0 Å². The number of epoxide rings is 1. The van der Waals surface area contributed by atoms with Crippen LogP contribution in [0.15, 0.2) is 0 Å². The van der Waals surface area contributed by atoms with Gasteiger partial charge >= 0.3 is 5.97 Å². The largest absolute Gasteiger partial charge is 0.458 e. The molecule has 15 heavy (non-hydrogen) atoms. The maximum atomic E-state index is 12.0. The Morgan fingerprint density at radius 1 is 1.40 bits per heavy atom. The van der Waals surface area contributed by atoms with Crippen molar-refractivity contribution in [2.45, 2.75) is 70.2 Å². The lowest BCUT2D eigenvalue weighted by molar-refractivity contribution is -0.161. The standard InChI is InChI=1S/C12H20O3/c1-5-12(9(13)14-10(2,3)4)11(15-12)7-6-8-11/h5-8H2,1-4H3. The lowest BCUT2D eigenvalue weighted by atomic mass is 9.74. The second-order valence-corrected chi connectivity index (χ2v) is 5.63. The molecule has 1 heterocycles. The Morgan fingerprint density at radius 2 is 2.00 bits per heavy atom. The molecule has 2 rings (SSSR count). The highest BCUT2D eigenvalue weighted by atomic mass is 16.7. The third kappa shape index (κ3) is 1.48. The van der Waals surface area contributed by atoms with Crippen molar-refractivity contribution in [2.24, 2.45) is 0 Å². The van der Waals surface area contributed by atoms with Crippen LogP contribution in [-0.4, -0.2) is 22.8 Å². The summed E-state index contributed by atoms with van der Waals surface area (Å²) in [6, 6.07) is 0. The van der Waals surface area contributed by atoms with E-state index < -0.39 is 11.2 Å². The molecule has 0 bridgehead atoms. The van der Waals surface area contributed by atoms with Gasteiger partial charge in [-0.1, -0.05) is 6.92 Å². The molecule has 1 saturated carbocycles. The van der Waals surface area contributed by atoms with E-state index in [0.717, 1.165) is 19.3 Å². The smallest absolute Gasteiger partial charge is 0.342 e. The first-order chi connectivity index (χ1) is 6.85. The summed E-state index contributed by atoms with van der Waals surface area (Å²) >= 11 is 0. The van der Waals surface area contributed by atoms with Crippen molar-refractivity contribution < 1.29 is 14.3 Å². The fraction of sp³-hybridized carbons (Fsp3) is 0.917. The van der Waals surface area contributed by atoms with Crippen LogP contribution in [0.2, 0.25) is 0 Å². The van der Waals surface area contributed by atoms with Crippen molar-refractivity contribution in [1.29, 1.82) is 0 Å². The van der Waals surface area contributed by atoms with Gasteiger partial charge in [0.25, 0.3) is 0 Å². The van der Waals surface area contributed by atoms with E-state index >= 15 is 0 Å². The molecule has 0 aromatic carbocycles. The summed E-state index contributed by atoms with van der Waals surface area (Å²) in [5, 5.41) is 0. The van der Waals surface area contributed by atoms with E-state index in [1.807, 2.05) is 27.7 Å². The Labute approximate surface area is 91.1 Å². The molecular weight excluding hydrogens is 192 g/mol. The Bertz CT molecular complexity index is 286. The van der Waals surface area contributed by atoms with Gasteiger partial charge in [0.05, 0.1) is 0 Å². The molecule has 1 aliphatic heterocycles. The number of hydrogen-bond acceptors (Lipinski definition) is 3. The first kappa shape index (κ1) is 10.9. The zero-order chi connectivity index (χ0) is 11.3. The van der Waals surface area contributed by atoms with Gasteiger partial charge < -0.3 is 9.47 Å². The van der Waals surface area contributed by atoms with Gasteiger partial charge in [0, 0.05) is 0 Å². The predicted octanol–water partition coefficient (Wildman–Crippen LogP) is 2.43. The SMILES string of the molecule is CCC1(C(=O)OC(C)(C)C)OC12CCC2. The van der Waals surface area contributed by atoms with Gasteiger partial charge in [-0.2, -0.15) is 0 Å². The van der Waals surface area contributed by atoms with Crippen molar-refractivity contribution in [3.63, 3.8) is 0 Å². The van der Waals surface area contributed by atoms with Gasteiger partial charge in [-0.15, -0.1) is 0 Å². The van der Waals surface area contributed by atoms with Crippen molar-refractivity contribution >= 4 is 5.97 Å². The minimum absolute atomic E-state index is 0.149. The average molecular weight is 212 g/mol. The molecule has 1 unspecified atom stereocenters. The van der Waals surface area contributed by atoms with E-state index in [9.17, 15) is 4.79 Å². The van der Waals surface area contributed by atoms with Crippen LogP contribution in [0.5, 0.6) is 0 Å². The molecule has 0 amide bonds. The van der Waals surface area contributed by atoms with Crippen LogP contribution < -0.4 is 0 Å². The molecule has 1 saturated heterocycles. The molecule has 0 aromatic rings. The van der Waals surface area contributed by atoms with Crippen LogP contribution in [0.3, 0.4) is 0 Å². The van der Waals surface area contributed by atoms with Gasteiger partial charge in [0.1, 0.15) is 11.2 Å². The van der Waals surface area contributed by atoms with Crippen LogP contribution in [0, 0.1) is 0 Å². The monoisotopic (exact) mass is 212 g/mol. The van der Waals surface area contributed by atoms with Gasteiger partial charge in [-0.3, -0.25) is 0 Å². The number of ether oxygens (including phenoxy) is 2. The van der Waals surface area contributed by atoms with Gasteiger partial charge in [-0.25, -0.2) is 4.79 Å². The zero-order valence-electron chi connectivity index (χ0n) is 10.1. The van der Waals surface area contributed by atoms with Crippen molar-refractivity contribution in [3.8, 4) is 0 Å². The normalized spacial score (nSPS) is 32.3. The third-order valence-electron chi connectivity index (χ3n) is 3.45. The molecule has 1 spiro atoms. The first-order valence-corrected chi connectivity index (χ1v) is 5.79. The molecule has 1 atom stereocenters. The highest BCUT2D eigenvalue weighted by Crippen LogP contribution is 2.62. The van der Waals surface area contributed by atoms with Crippen molar-refractivity contribution in [1.82, 2.24) is 0 Å². The maximum Gasteiger partial charge on any atom is 0.342 e. The second-order valence-electron chi connectivity index (χ2n) is 5.63. The maximum absolute atomic E-state index is 12.0. The molecule has 1 aliphatic carbocycles. The van der Waals surface area contributed by atoms with Crippen molar-refractivity contribution in [2.75, 3.05) is 0 Å². The summed E-state index contributed by atoms with van der Waals surface area (Å²) in [6.45, 7) is 7.68. The lowest BCUT2D eigenvalue weighted by Gasteiger charge is -2.28. The topological polar surface area (TPSA) is 38.8 Å². The number of rotatable bonds is 2. The van der Waals surface area contributed by atoms with Gasteiger partial charge in [0.15, 0.2) is 5.60 Å². The minimum Gasteiger partial charge on any atom is -0.458 e. The minimum atomic E-state index is -0.613. The van der Waals surface area contributed by atoms with Crippen molar-refractivity contribution in [3.05, 3.63) is 0 Å². The van der Waals surface area contributed by atoms with E-state index in [4.69, 9.17) is 9.47 Å². The molecule has 0 radical (unpaired) electrons. The van der Waals surface area contributed by atoms with E-state index in [-0.39, 0.29) is 11.6 Å². The van der Waals surface area contributed by atoms with Gasteiger partial charge in [0.2, 0.25) is 0 Å². The quantitative estimate of drug-likeness (QED) is 0.521. The number of carbonyl (C=O) groups is 1. The zero-order valence-corrected chi connectivity index (χ0v) is 10.1. The predicted molar refractivity (Wildman–Crippen MR) is 56.5 cm³/mol. The Morgan fingerprint density at radius 3 is 2.27 bits per heavy atom. The Kier molecular flexibility index (Phi) is 2.16. The molecule has 0 aromatic heterocycles. The number of hydrogen-bond donors (Lipinski definition) is 0. The van der Waals surface area contributed by atoms with E-state index in [1.165, 1.54) is 6.42 Å². The van der Waals surface area contributed by atoms with E-state index in [0.29, 0.717) is 0 Å². The number of esters is 1. The Balaban J connectivity index is 2.06. The molecule has 0 N–H and O–H groups in total. The van der Waals surface area contributed by atoms with Crippen LogP contribution in [-0.2, 0) is 14.3 Å². The van der Waals surface area contributed by atoms with Crippen LogP contribution in [0.25, 0.3) is 0 Å². The highest BCUT2D eigenvalue weighted by molar-refractivity contribution is 5.85. The molecule has 2 aliphatic rings. The van der Waals surface area contributed by atoms with Crippen LogP contribution in [0.4, 0.5) is 0 Å². The molecule has 86 valence electrons. The van der Waals surface area contributed by atoms with Gasteiger partial charge in [-0.05, 0) is 46.5 Å². The second kappa shape index (κ2) is 2.97. The molecule has 3 heteroatoms. The summed E-state index contributed by atoms with van der Waals surface area (Å²) in [4.78, 5) is 12.0. The molecule has 2 fully saturated rings. The molecule has 3 nitrogen and oxygen atoms in total. The summed E-state index contributed by atoms with van der Waals surface area (Å²) < 4.78 is 11.1. The third-order valence-corrected chi connectivity index (χ3v) is 3.45. The van der Waals surface area contributed by atoms with E-state index in [2.05, 4.69) is 0 Å². The molecular formula is C12H20O3.